The number of nitrogens with one attached hydrogen (secondary N) is 1. The van der Waals surface area contributed by atoms with E-state index in [-0.39, 0.29) is 5.91 Å². The summed E-state index contributed by atoms with van der Waals surface area (Å²) in [7, 11) is 1.60. The van der Waals surface area contributed by atoms with Crippen LogP contribution >= 0.6 is 23.1 Å². The topological polar surface area (TPSA) is 64.1 Å². The van der Waals surface area contributed by atoms with Crippen LogP contribution in [-0.4, -0.2) is 23.0 Å². The molecular formula is C24H23N3O2S2. The van der Waals surface area contributed by atoms with Crippen LogP contribution in [0.3, 0.4) is 0 Å². The van der Waals surface area contributed by atoms with Gasteiger partial charge in [-0.3, -0.25) is 4.79 Å². The molecule has 2 heterocycles. The van der Waals surface area contributed by atoms with Gasteiger partial charge >= 0.3 is 0 Å². The average Bonchev–Trinajstić information content (AvgIpc) is 3.07. The van der Waals surface area contributed by atoms with E-state index in [1.165, 1.54) is 16.6 Å². The van der Waals surface area contributed by atoms with Crippen LogP contribution in [-0.2, 0) is 4.79 Å². The molecule has 4 rings (SSSR count). The Kier molecular flexibility index (Phi) is 6.25. The van der Waals surface area contributed by atoms with E-state index in [1.54, 1.807) is 24.8 Å². The third kappa shape index (κ3) is 4.43. The zero-order valence-electron chi connectivity index (χ0n) is 17.8. The second kappa shape index (κ2) is 9.08. The van der Waals surface area contributed by atoms with Gasteiger partial charge < -0.3 is 10.1 Å². The largest absolute Gasteiger partial charge is 0.495 e. The number of amides is 1. The number of thioether (sulfide) groups is 1. The number of hydrogen-bond acceptors (Lipinski definition) is 6. The Morgan fingerprint density at radius 1 is 1.10 bits per heavy atom. The van der Waals surface area contributed by atoms with Crippen molar-refractivity contribution in [3.8, 4) is 5.75 Å². The standard InChI is InChI=1S/C24H23N3O2S2/c1-14-10-11-19(29-4)18(12-14)27-22(28)21(17-8-6-5-7-9-17)31-24-20-15(2)16(3)30-23(20)25-13-26-24/h5-13,21H,1-4H3,(H,27,28)/t21-/m0/s1. The predicted molar refractivity (Wildman–Crippen MR) is 128 cm³/mol. The van der Waals surface area contributed by atoms with Crippen molar-refractivity contribution < 1.29 is 9.53 Å². The molecule has 2 aromatic carbocycles. The number of thiophene rings is 1. The van der Waals surface area contributed by atoms with Crippen molar-refractivity contribution in [3.63, 3.8) is 0 Å². The van der Waals surface area contributed by atoms with Crippen LogP contribution in [0.4, 0.5) is 5.69 Å². The Morgan fingerprint density at radius 2 is 1.87 bits per heavy atom. The quantitative estimate of drug-likeness (QED) is 0.285. The molecular weight excluding hydrogens is 426 g/mol. The number of hydrogen-bond donors (Lipinski definition) is 1. The van der Waals surface area contributed by atoms with Gasteiger partial charge in [-0.15, -0.1) is 11.3 Å². The highest BCUT2D eigenvalue weighted by atomic mass is 32.2. The number of rotatable bonds is 6. The van der Waals surface area contributed by atoms with Crippen molar-refractivity contribution in [2.75, 3.05) is 12.4 Å². The molecule has 0 spiro atoms. The summed E-state index contributed by atoms with van der Waals surface area (Å²) >= 11 is 3.10. The van der Waals surface area contributed by atoms with Gasteiger partial charge in [0.2, 0.25) is 5.91 Å². The van der Waals surface area contributed by atoms with E-state index >= 15 is 0 Å². The first-order valence-corrected chi connectivity index (χ1v) is 11.6. The number of carbonyl (C=O) groups is 1. The summed E-state index contributed by atoms with van der Waals surface area (Å²) in [5.41, 5.74) is 3.77. The zero-order valence-corrected chi connectivity index (χ0v) is 19.4. The van der Waals surface area contributed by atoms with Crippen LogP contribution in [0.1, 0.15) is 26.8 Å². The van der Waals surface area contributed by atoms with E-state index in [0.717, 1.165) is 31.9 Å². The molecule has 0 saturated carbocycles. The minimum absolute atomic E-state index is 0.128. The maximum atomic E-state index is 13.5. The molecule has 0 bridgehead atoms. The molecule has 0 unspecified atom stereocenters. The number of benzene rings is 2. The third-order valence-electron chi connectivity index (χ3n) is 5.11. The minimum Gasteiger partial charge on any atom is -0.495 e. The molecule has 31 heavy (non-hydrogen) atoms. The van der Waals surface area contributed by atoms with Crippen LogP contribution in [0.5, 0.6) is 5.75 Å². The van der Waals surface area contributed by atoms with E-state index < -0.39 is 5.25 Å². The number of fused-ring (bicyclic) bond motifs is 1. The molecule has 0 saturated heterocycles. The van der Waals surface area contributed by atoms with Gasteiger partial charge in [-0.1, -0.05) is 48.2 Å². The summed E-state index contributed by atoms with van der Waals surface area (Å²) < 4.78 is 5.44. The van der Waals surface area contributed by atoms with Crippen LogP contribution in [0.15, 0.2) is 59.9 Å². The van der Waals surface area contributed by atoms with Crippen molar-refractivity contribution in [2.45, 2.75) is 31.0 Å². The van der Waals surface area contributed by atoms with Crippen LogP contribution in [0.2, 0.25) is 0 Å². The molecule has 2 aromatic heterocycles. The number of aromatic nitrogens is 2. The highest BCUT2D eigenvalue weighted by Crippen LogP contribution is 2.41. The normalized spacial score (nSPS) is 12.0. The molecule has 0 fully saturated rings. The summed E-state index contributed by atoms with van der Waals surface area (Å²) in [6.45, 7) is 6.15. The van der Waals surface area contributed by atoms with Gasteiger partial charge in [0.05, 0.1) is 12.8 Å². The molecule has 0 aliphatic carbocycles. The molecule has 0 radical (unpaired) electrons. The zero-order chi connectivity index (χ0) is 22.0. The van der Waals surface area contributed by atoms with Gasteiger partial charge in [0.1, 0.15) is 27.2 Å². The molecule has 7 heteroatoms. The maximum absolute atomic E-state index is 13.5. The first-order chi connectivity index (χ1) is 15.0. The van der Waals surface area contributed by atoms with Gasteiger partial charge in [-0.05, 0) is 49.6 Å². The average molecular weight is 450 g/mol. The third-order valence-corrected chi connectivity index (χ3v) is 7.48. The number of aryl methyl sites for hydroxylation is 3. The molecule has 1 N–H and O–H groups in total. The van der Waals surface area contributed by atoms with Crippen molar-refractivity contribution in [3.05, 3.63) is 76.4 Å². The lowest BCUT2D eigenvalue weighted by Crippen LogP contribution is -2.19. The molecule has 5 nitrogen and oxygen atoms in total. The first-order valence-electron chi connectivity index (χ1n) is 9.85. The highest BCUT2D eigenvalue weighted by molar-refractivity contribution is 8.00. The SMILES string of the molecule is COc1ccc(C)cc1NC(=O)[C@@H](Sc1ncnc2sc(C)c(C)c12)c1ccccc1. The van der Waals surface area contributed by atoms with Crippen LogP contribution < -0.4 is 10.1 Å². The lowest BCUT2D eigenvalue weighted by Gasteiger charge is -2.18. The first kappa shape index (κ1) is 21.3. The molecule has 4 aromatic rings. The lowest BCUT2D eigenvalue weighted by molar-refractivity contribution is -0.115. The number of ether oxygens (including phenoxy) is 1. The van der Waals surface area contributed by atoms with Crippen LogP contribution in [0.25, 0.3) is 10.2 Å². The number of methoxy groups -OCH3 is 1. The summed E-state index contributed by atoms with van der Waals surface area (Å²) in [4.78, 5) is 24.6. The van der Waals surface area contributed by atoms with E-state index in [1.807, 2.05) is 55.5 Å². The Morgan fingerprint density at radius 3 is 2.61 bits per heavy atom. The Bertz CT molecular complexity index is 1240. The van der Waals surface area contributed by atoms with Crippen molar-refractivity contribution in [1.82, 2.24) is 9.97 Å². The second-order valence-corrected chi connectivity index (χ2v) is 9.54. The van der Waals surface area contributed by atoms with Gasteiger partial charge in [0, 0.05) is 10.3 Å². The number of anilines is 1. The second-order valence-electron chi connectivity index (χ2n) is 7.24. The van der Waals surface area contributed by atoms with Crippen LogP contribution in [0, 0.1) is 20.8 Å². The minimum atomic E-state index is -0.482. The number of carbonyl (C=O) groups excluding carboxylic acids is 1. The van der Waals surface area contributed by atoms with E-state index in [4.69, 9.17) is 4.74 Å². The fraction of sp³-hybridized carbons (Fsp3) is 0.208. The lowest BCUT2D eigenvalue weighted by atomic mass is 10.1. The summed E-state index contributed by atoms with van der Waals surface area (Å²) in [5.74, 6) is 0.501. The number of nitrogens with zero attached hydrogens (tertiary/aromatic N) is 2. The van der Waals surface area contributed by atoms with Gasteiger partial charge in [0.25, 0.3) is 0 Å². The molecule has 0 aliphatic rings. The highest BCUT2D eigenvalue weighted by Gasteiger charge is 2.26. The van der Waals surface area contributed by atoms with Gasteiger partial charge in [0.15, 0.2) is 0 Å². The predicted octanol–water partition coefficient (Wildman–Crippen LogP) is 6.10. The maximum Gasteiger partial charge on any atom is 0.242 e. The van der Waals surface area contributed by atoms with Gasteiger partial charge in [-0.25, -0.2) is 9.97 Å². The fourth-order valence-corrected chi connectivity index (χ4v) is 5.59. The Labute approximate surface area is 189 Å². The summed E-state index contributed by atoms with van der Waals surface area (Å²) in [5, 5.41) is 4.42. The monoisotopic (exact) mass is 449 g/mol. The summed E-state index contributed by atoms with van der Waals surface area (Å²) in [6.07, 6.45) is 1.57. The molecule has 1 amide bonds. The molecule has 158 valence electrons. The Balaban J connectivity index is 1.73. The van der Waals surface area contributed by atoms with E-state index in [0.29, 0.717) is 11.4 Å². The summed E-state index contributed by atoms with van der Waals surface area (Å²) in [6, 6.07) is 15.5. The van der Waals surface area contributed by atoms with E-state index in [2.05, 4.69) is 29.1 Å². The Hall–Kier alpha value is -2.90. The smallest absolute Gasteiger partial charge is 0.242 e. The molecule has 0 aliphatic heterocycles. The van der Waals surface area contributed by atoms with Gasteiger partial charge in [-0.2, -0.15) is 0 Å². The van der Waals surface area contributed by atoms with Crippen molar-refractivity contribution in [2.24, 2.45) is 0 Å². The van der Waals surface area contributed by atoms with E-state index in [9.17, 15) is 4.79 Å². The fourth-order valence-electron chi connectivity index (χ4n) is 3.37. The van der Waals surface area contributed by atoms with Crippen molar-refractivity contribution in [1.29, 1.82) is 0 Å². The molecule has 1 atom stereocenters. The van der Waals surface area contributed by atoms with Crippen molar-refractivity contribution >= 4 is 44.9 Å².